The van der Waals surface area contributed by atoms with Crippen LogP contribution in [0.1, 0.15) is 137 Å². The lowest BCUT2D eigenvalue weighted by Crippen LogP contribution is -2.16. The molecule has 0 bridgehead atoms. The number of sulfone groups is 1. The van der Waals surface area contributed by atoms with Crippen molar-refractivity contribution in [3.8, 4) is 0 Å². The molecule has 3 N–H and O–H groups in total. The van der Waals surface area contributed by atoms with E-state index in [0.717, 1.165) is 46.9 Å². The molecule has 4 rings (SSSR count). The molecule has 0 spiro atoms. The SMILES string of the molecule is C=C.CC.CC.CC.CC.CC.CC.CCCc1ccc2c(C)c(CC)c(S(=O)(=O)O)cc2c1C.Cc1ccc(S(=O)(=O)CCOS(=O)(=O)O)cc1S(=O)(=O)O.Cc1ccccc1. The molecule has 366 valence electrons. The molecule has 12 nitrogen and oxygen atoms in total. The van der Waals surface area contributed by atoms with Gasteiger partial charge in [0.1, 0.15) is 0 Å². The van der Waals surface area contributed by atoms with Crippen LogP contribution in [0.2, 0.25) is 0 Å². The Balaban J connectivity index is -0.000000180. The van der Waals surface area contributed by atoms with Crippen LogP contribution in [0.25, 0.3) is 10.8 Å². The second-order valence-electron chi connectivity index (χ2n) is 11.1. The molecule has 0 radical (unpaired) electrons. The molecule has 0 aliphatic heterocycles. The van der Waals surface area contributed by atoms with Gasteiger partial charge in [-0.3, -0.25) is 13.7 Å². The summed E-state index contributed by atoms with van der Waals surface area (Å²) in [4.78, 5) is -0.953. The van der Waals surface area contributed by atoms with Crippen molar-refractivity contribution in [3.63, 3.8) is 0 Å². The number of hydrogen-bond acceptors (Lipinski definition) is 9. The van der Waals surface area contributed by atoms with E-state index in [1.165, 1.54) is 24.1 Å². The Morgan fingerprint density at radius 2 is 1.02 bits per heavy atom. The number of benzene rings is 4. The highest BCUT2D eigenvalue weighted by atomic mass is 32.3. The van der Waals surface area contributed by atoms with E-state index in [-0.39, 0.29) is 10.5 Å². The van der Waals surface area contributed by atoms with Gasteiger partial charge in [0.2, 0.25) is 0 Å². The lowest BCUT2D eigenvalue weighted by molar-refractivity contribution is 0.284. The zero-order valence-corrected chi connectivity index (χ0v) is 44.7. The van der Waals surface area contributed by atoms with E-state index >= 15 is 0 Å². The molecule has 16 heteroatoms. The third-order valence-corrected chi connectivity index (χ3v) is 11.6. The predicted octanol–water partition coefficient (Wildman–Crippen LogP) is 13.0. The van der Waals surface area contributed by atoms with Gasteiger partial charge in [-0.25, -0.2) is 12.6 Å². The molecule has 0 unspecified atom stereocenters. The lowest BCUT2D eigenvalue weighted by atomic mass is 9.92. The average molecular weight is 967 g/mol. The summed E-state index contributed by atoms with van der Waals surface area (Å²) in [5.41, 5.74) is 5.44. The van der Waals surface area contributed by atoms with E-state index < -0.39 is 62.6 Å². The Morgan fingerprint density at radius 1 is 0.556 bits per heavy atom. The molecule has 0 atom stereocenters. The first kappa shape index (κ1) is 71.2. The molecule has 63 heavy (non-hydrogen) atoms. The number of rotatable bonds is 10. The van der Waals surface area contributed by atoms with E-state index in [0.29, 0.717) is 12.0 Å². The summed E-state index contributed by atoms with van der Waals surface area (Å²) in [5, 5.41) is 1.99. The highest BCUT2D eigenvalue weighted by molar-refractivity contribution is 7.91. The van der Waals surface area contributed by atoms with Crippen molar-refractivity contribution < 1.29 is 51.5 Å². The van der Waals surface area contributed by atoms with Gasteiger partial charge in [0, 0.05) is 0 Å². The molecule has 0 aromatic heterocycles. The highest BCUT2D eigenvalue weighted by Crippen LogP contribution is 2.32. The molecule has 4 aromatic rings. The fraction of sp³-hybridized carbons (Fsp3) is 0.489. The zero-order chi connectivity index (χ0) is 51.4. The van der Waals surface area contributed by atoms with Gasteiger partial charge in [0.05, 0.1) is 27.0 Å². The van der Waals surface area contributed by atoms with Gasteiger partial charge in [0.25, 0.3) is 20.2 Å². The molecule has 4 aromatic carbocycles. The van der Waals surface area contributed by atoms with Crippen molar-refractivity contribution in [1.82, 2.24) is 0 Å². The fourth-order valence-corrected chi connectivity index (χ4v) is 8.23. The molecule has 0 aliphatic carbocycles. The maximum atomic E-state index is 11.9. The second kappa shape index (κ2) is 38.9. The third kappa shape index (κ3) is 28.1. The van der Waals surface area contributed by atoms with Gasteiger partial charge in [-0.15, -0.1) is 13.2 Å². The molecule has 0 fully saturated rings. The van der Waals surface area contributed by atoms with Crippen LogP contribution in [0, 0.1) is 27.7 Å². The zero-order valence-electron chi connectivity index (χ0n) is 41.4. The van der Waals surface area contributed by atoms with Crippen LogP contribution in [0.5, 0.6) is 0 Å². The van der Waals surface area contributed by atoms with E-state index in [4.69, 9.17) is 9.11 Å². The summed E-state index contributed by atoms with van der Waals surface area (Å²) >= 11 is 0. The van der Waals surface area contributed by atoms with Crippen LogP contribution in [0.4, 0.5) is 0 Å². The summed E-state index contributed by atoms with van der Waals surface area (Å²) < 4.78 is 121. The van der Waals surface area contributed by atoms with Gasteiger partial charge in [-0.2, -0.15) is 25.3 Å². The predicted molar refractivity (Wildman–Crippen MR) is 268 cm³/mol. The van der Waals surface area contributed by atoms with E-state index in [9.17, 15) is 38.2 Å². The Bertz CT molecular complexity index is 2240. The molecule has 0 saturated heterocycles. The van der Waals surface area contributed by atoms with Gasteiger partial charge >= 0.3 is 10.4 Å². The molecule has 0 heterocycles. The number of aryl methyl sites for hydroxylation is 5. The summed E-state index contributed by atoms with van der Waals surface area (Å²) in [6.07, 6.45) is 2.59. The minimum Gasteiger partial charge on any atom is -0.282 e. The standard InChI is InChI=1S/C17H22O3S.C9H12O9S3.C7H8.6C2H6.C2H4/c1-5-7-13-8-9-15-12(4)14(6-2)17(21(18,19)20)10-16(15)11(13)3;1-7-2-3-8(6-9(7)20(12,13)14)19(10,11)5-4-18-21(15,16)17;1-7-5-3-2-4-6-7;7*1-2/h8-10H,5-7H2,1-4H3,(H,18,19,20);2-3,6H,4-5H2,1H3,(H,12,13,14)(H,15,16,17);2-6H,1H3;6*1-2H3;1-2H2. The van der Waals surface area contributed by atoms with Crippen LogP contribution in [-0.4, -0.2) is 59.7 Å². The summed E-state index contributed by atoms with van der Waals surface area (Å²) in [6, 6.07) is 19.1. The lowest BCUT2D eigenvalue weighted by Gasteiger charge is -2.16. The number of hydrogen-bond donors (Lipinski definition) is 3. The van der Waals surface area contributed by atoms with E-state index in [1.54, 1.807) is 6.07 Å². The maximum Gasteiger partial charge on any atom is 0.397 e. The van der Waals surface area contributed by atoms with Crippen molar-refractivity contribution in [1.29, 1.82) is 0 Å². The van der Waals surface area contributed by atoms with Crippen molar-refractivity contribution >= 4 is 51.2 Å². The Labute approximate surface area is 385 Å². The highest BCUT2D eigenvalue weighted by Gasteiger charge is 2.22. The summed E-state index contributed by atoms with van der Waals surface area (Å²) in [7, 11) is -17.6. The smallest absolute Gasteiger partial charge is 0.282 e. The van der Waals surface area contributed by atoms with Crippen molar-refractivity contribution in [2.24, 2.45) is 0 Å². The van der Waals surface area contributed by atoms with Crippen molar-refractivity contribution in [3.05, 3.63) is 113 Å². The van der Waals surface area contributed by atoms with Gasteiger partial charge < -0.3 is 0 Å². The van der Waals surface area contributed by atoms with Gasteiger partial charge in [-0.1, -0.05) is 157 Å². The van der Waals surface area contributed by atoms with E-state index in [1.807, 2.05) is 122 Å². The van der Waals surface area contributed by atoms with Crippen LogP contribution in [0.15, 0.2) is 94.6 Å². The molecule has 0 saturated carbocycles. The molecule has 0 amide bonds. The first-order chi connectivity index (χ1) is 29.5. The quantitative estimate of drug-likeness (QED) is 0.100. The normalized spacial score (nSPS) is 10.0. The Kier molecular flexibility index (Phi) is 44.0. The minimum absolute atomic E-state index is 0.0479. The van der Waals surface area contributed by atoms with Crippen LogP contribution < -0.4 is 0 Å². The van der Waals surface area contributed by atoms with Crippen molar-refractivity contribution in [2.45, 2.75) is 159 Å². The van der Waals surface area contributed by atoms with Gasteiger partial charge in [-0.05, 0) is 97.3 Å². The summed E-state index contributed by atoms with van der Waals surface area (Å²) in [6.45, 7) is 40.6. The van der Waals surface area contributed by atoms with Crippen LogP contribution in [-0.2, 0) is 57.5 Å². The van der Waals surface area contributed by atoms with Crippen molar-refractivity contribution in [2.75, 3.05) is 12.4 Å². The first-order valence-electron chi connectivity index (χ1n) is 21.5. The average Bonchev–Trinajstić information content (AvgIpc) is 3.26. The Hall–Kier alpha value is -3.48. The molecular formula is C47H82O12S4. The first-order valence-corrected chi connectivity index (χ1v) is 27.4. The topological polar surface area (TPSA) is 206 Å². The van der Waals surface area contributed by atoms with Crippen LogP contribution >= 0.6 is 0 Å². The molecule has 0 aliphatic rings. The largest absolute Gasteiger partial charge is 0.397 e. The molecular weight excluding hydrogens is 885 g/mol. The Morgan fingerprint density at radius 3 is 1.38 bits per heavy atom. The fourth-order valence-electron chi connectivity index (χ4n) is 5.02. The van der Waals surface area contributed by atoms with Crippen LogP contribution in [0.3, 0.4) is 0 Å². The maximum absolute atomic E-state index is 11.9. The monoisotopic (exact) mass is 966 g/mol. The minimum atomic E-state index is -4.77. The number of fused-ring (bicyclic) bond motifs is 1. The van der Waals surface area contributed by atoms with E-state index in [2.05, 4.69) is 55.5 Å². The second-order valence-corrected chi connectivity index (χ2v) is 17.1. The summed E-state index contributed by atoms with van der Waals surface area (Å²) in [5.74, 6) is -0.805. The third-order valence-electron chi connectivity index (χ3n) is 7.53. The van der Waals surface area contributed by atoms with Gasteiger partial charge in [0.15, 0.2) is 9.84 Å².